The van der Waals surface area contributed by atoms with Gasteiger partial charge in [-0.05, 0) is 67.9 Å². The first-order valence-corrected chi connectivity index (χ1v) is 12.8. The summed E-state index contributed by atoms with van der Waals surface area (Å²) in [5.74, 6) is 0.390. The van der Waals surface area contributed by atoms with E-state index >= 15 is 0 Å². The minimum absolute atomic E-state index is 0.00961. The van der Waals surface area contributed by atoms with Gasteiger partial charge in [0.15, 0.2) is 0 Å². The summed E-state index contributed by atoms with van der Waals surface area (Å²) in [5.41, 5.74) is 9.27. The first kappa shape index (κ1) is 23.2. The number of nitrogen functional groups attached to an aromatic ring is 1. The van der Waals surface area contributed by atoms with Crippen LogP contribution < -0.4 is 11.1 Å². The maximum Gasteiger partial charge on any atom is 0.243 e. The summed E-state index contributed by atoms with van der Waals surface area (Å²) in [7, 11) is 0. The number of rotatable bonds is 6. The van der Waals surface area contributed by atoms with Gasteiger partial charge < -0.3 is 16.0 Å². The van der Waals surface area contributed by atoms with E-state index in [4.69, 9.17) is 5.73 Å². The van der Waals surface area contributed by atoms with E-state index in [1.54, 1.807) is 23.1 Å². The number of fused-ring (bicyclic) bond motifs is 2. The van der Waals surface area contributed by atoms with Crippen molar-refractivity contribution in [1.82, 2.24) is 25.2 Å². The van der Waals surface area contributed by atoms with Gasteiger partial charge in [-0.25, -0.2) is 4.68 Å². The molecule has 2 bridgehead atoms. The van der Waals surface area contributed by atoms with Crippen molar-refractivity contribution in [1.29, 1.82) is 5.26 Å². The standard InChI is InChI=1S/C28H29N7O2/c29-15-19-3-1-4-20(11-19)16-34-24(7-8-26(34)36)27(37)31-28-10-9-18(14-28)12-25(28)35-17-23(32-33-35)21-5-2-6-22(30)13-21/h1-6,11,13,17-18,24-25H,7-10,12,14,16,30H2,(H,31,37). The summed E-state index contributed by atoms with van der Waals surface area (Å²) < 4.78 is 1.91. The molecule has 1 aromatic heterocycles. The number of nitriles is 1. The Bertz CT molecular complexity index is 1410. The van der Waals surface area contributed by atoms with Crippen LogP contribution in [0.15, 0.2) is 54.7 Å². The fraction of sp³-hybridized carbons (Fsp3) is 0.393. The first-order chi connectivity index (χ1) is 17.9. The third-order valence-electron chi connectivity index (χ3n) is 8.27. The van der Waals surface area contributed by atoms with Gasteiger partial charge in [-0.3, -0.25) is 9.59 Å². The molecule has 188 valence electrons. The number of amides is 2. The fourth-order valence-corrected chi connectivity index (χ4v) is 6.51. The molecule has 3 N–H and O–H groups in total. The van der Waals surface area contributed by atoms with Crippen molar-refractivity contribution >= 4 is 17.5 Å². The Morgan fingerprint density at radius 3 is 2.89 bits per heavy atom. The molecule has 6 rings (SSSR count). The van der Waals surface area contributed by atoms with Gasteiger partial charge in [0.25, 0.3) is 0 Å². The van der Waals surface area contributed by atoms with Gasteiger partial charge in [-0.2, -0.15) is 5.26 Å². The molecule has 3 aliphatic rings. The van der Waals surface area contributed by atoms with Crippen molar-refractivity contribution in [2.75, 3.05) is 5.73 Å². The minimum Gasteiger partial charge on any atom is -0.399 e. The van der Waals surface area contributed by atoms with E-state index < -0.39 is 11.6 Å². The lowest BCUT2D eigenvalue weighted by Crippen LogP contribution is -2.56. The van der Waals surface area contributed by atoms with Crippen molar-refractivity contribution < 1.29 is 9.59 Å². The van der Waals surface area contributed by atoms with E-state index in [1.165, 1.54) is 0 Å². The maximum atomic E-state index is 13.7. The number of nitrogens with one attached hydrogen (secondary N) is 1. The molecule has 2 heterocycles. The number of likely N-dealkylation sites (tertiary alicyclic amines) is 1. The summed E-state index contributed by atoms with van der Waals surface area (Å²) in [5, 5.41) is 21.5. The van der Waals surface area contributed by atoms with E-state index in [-0.39, 0.29) is 17.9 Å². The van der Waals surface area contributed by atoms with E-state index in [0.29, 0.717) is 36.6 Å². The molecule has 9 nitrogen and oxygen atoms in total. The van der Waals surface area contributed by atoms with Gasteiger partial charge in [0, 0.05) is 24.2 Å². The molecule has 3 fully saturated rings. The number of benzene rings is 2. The molecule has 37 heavy (non-hydrogen) atoms. The maximum absolute atomic E-state index is 13.7. The molecule has 0 spiro atoms. The van der Waals surface area contributed by atoms with Crippen molar-refractivity contribution in [2.24, 2.45) is 5.92 Å². The van der Waals surface area contributed by atoms with Crippen LogP contribution in [0.1, 0.15) is 55.7 Å². The molecular formula is C28H29N7O2. The topological polar surface area (TPSA) is 130 Å². The second kappa shape index (κ2) is 9.04. The molecule has 2 saturated carbocycles. The SMILES string of the molecule is N#Cc1cccc(CN2C(=O)CCC2C(=O)NC23CCC(CC2n2cc(-c4cccc(N)c4)nn2)C3)c1. The van der Waals surface area contributed by atoms with Crippen molar-refractivity contribution in [3.63, 3.8) is 0 Å². The molecule has 9 heteroatoms. The molecule has 2 amide bonds. The predicted octanol–water partition coefficient (Wildman–Crippen LogP) is 3.19. The van der Waals surface area contributed by atoms with Crippen LogP contribution in [0, 0.1) is 17.2 Å². The van der Waals surface area contributed by atoms with E-state index in [1.807, 2.05) is 41.2 Å². The van der Waals surface area contributed by atoms with Gasteiger partial charge in [0.05, 0.1) is 29.4 Å². The summed E-state index contributed by atoms with van der Waals surface area (Å²) in [6.45, 7) is 0.318. The van der Waals surface area contributed by atoms with Crippen LogP contribution in [-0.4, -0.2) is 43.3 Å². The molecule has 2 aliphatic carbocycles. The molecule has 0 radical (unpaired) electrons. The van der Waals surface area contributed by atoms with Crippen LogP contribution in [-0.2, 0) is 16.1 Å². The number of anilines is 1. The number of nitrogens with zero attached hydrogens (tertiary/aromatic N) is 5. The Kier molecular flexibility index (Phi) is 5.67. The Balaban J connectivity index is 1.21. The number of hydrogen-bond donors (Lipinski definition) is 2. The summed E-state index contributed by atoms with van der Waals surface area (Å²) in [6.07, 6.45) is 6.59. The summed E-state index contributed by atoms with van der Waals surface area (Å²) in [6, 6.07) is 16.4. The monoisotopic (exact) mass is 495 g/mol. The first-order valence-electron chi connectivity index (χ1n) is 12.8. The number of aromatic nitrogens is 3. The van der Waals surface area contributed by atoms with Crippen LogP contribution in [0.25, 0.3) is 11.3 Å². The quantitative estimate of drug-likeness (QED) is 0.505. The highest BCUT2D eigenvalue weighted by atomic mass is 16.2. The smallest absolute Gasteiger partial charge is 0.243 e. The lowest BCUT2D eigenvalue weighted by Gasteiger charge is -2.37. The van der Waals surface area contributed by atoms with Gasteiger partial charge in [-0.1, -0.05) is 29.5 Å². The Hall–Kier alpha value is -4.19. The minimum atomic E-state index is -0.522. The van der Waals surface area contributed by atoms with E-state index in [9.17, 15) is 14.9 Å². The van der Waals surface area contributed by atoms with Gasteiger partial charge in [-0.15, -0.1) is 5.10 Å². The van der Waals surface area contributed by atoms with Crippen LogP contribution in [0.5, 0.6) is 0 Å². The third kappa shape index (κ3) is 4.22. The van der Waals surface area contributed by atoms with Gasteiger partial charge in [0.2, 0.25) is 11.8 Å². The lowest BCUT2D eigenvalue weighted by molar-refractivity contribution is -0.137. The van der Waals surface area contributed by atoms with Crippen molar-refractivity contribution in [3.05, 3.63) is 65.9 Å². The van der Waals surface area contributed by atoms with Gasteiger partial charge >= 0.3 is 0 Å². The zero-order chi connectivity index (χ0) is 25.6. The third-order valence-corrected chi connectivity index (χ3v) is 8.27. The lowest BCUT2D eigenvalue weighted by atomic mass is 9.88. The highest BCUT2D eigenvalue weighted by Crippen LogP contribution is 2.53. The second-order valence-electron chi connectivity index (χ2n) is 10.6. The average molecular weight is 496 g/mol. The van der Waals surface area contributed by atoms with Crippen LogP contribution >= 0.6 is 0 Å². The fourth-order valence-electron chi connectivity index (χ4n) is 6.51. The van der Waals surface area contributed by atoms with Crippen molar-refractivity contribution in [2.45, 2.75) is 62.7 Å². The highest BCUT2D eigenvalue weighted by Gasteiger charge is 2.55. The van der Waals surface area contributed by atoms with E-state index in [2.05, 4.69) is 21.7 Å². The molecule has 4 unspecified atom stereocenters. The Labute approximate surface area is 215 Å². The number of nitrogens with two attached hydrogens (primary N) is 1. The molecule has 1 saturated heterocycles. The van der Waals surface area contributed by atoms with Crippen LogP contribution in [0.3, 0.4) is 0 Å². The number of hydrogen-bond acceptors (Lipinski definition) is 6. The molecule has 3 aromatic rings. The molecule has 1 aliphatic heterocycles. The summed E-state index contributed by atoms with van der Waals surface area (Å²) in [4.78, 5) is 28.1. The molecule has 2 aromatic carbocycles. The van der Waals surface area contributed by atoms with Gasteiger partial charge in [0.1, 0.15) is 11.7 Å². The Morgan fingerprint density at radius 2 is 2.08 bits per heavy atom. The zero-order valence-electron chi connectivity index (χ0n) is 20.5. The Morgan fingerprint density at radius 1 is 1.22 bits per heavy atom. The normalized spacial score (nSPS) is 26.4. The predicted molar refractivity (Wildman–Crippen MR) is 136 cm³/mol. The second-order valence-corrected chi connectivity index (χ2v) is 10.6. The molecular weight excluding hydrogens is 466 g/mol. The number of carbonyl (C=O) groups is 2. The molecule has 4 atom stereocenters. The highest BCUT2D eigenvalue weighted by molar-refractivity contribution is 5.91. The van der Waals surface area contributed by atoms with Crippen molar-refractivity contribution in [3.8, 4) is 17.3 Å². The van der Waals surface area contributed by atoms with Crippen LogP contribution in [0.2, 0.25) is 0 Å². The van der Waals surface area contributed by atoms with Crippen LogP contribution in [0.4, 0.5) is 5.69 Å². The largest absolute Gasteiger partial charge is 0.399 e. The zero-order valence-corrected chi connectivity index (χ0v) is 20.5. The van der Waals surface area contributed by atoms with E-state index in [0.717, 1.165) is 42.5 Å². The average Bonchev–Trinajstić information content (AvgIpc) is 3.68. The summed E-state index contributed by atoms with van der Waals surface area (Å²) >= 11 is 0. The number of carbonyl (C=O) groups excluding carboxylic acids is 2.